The minimum absolute atomic E-state index is 0.130. The van der Waals surface area contributed by atoms with Gasteiger partial charge >= 0.3 is 0 Å². The van der Waals surface area contributed by atoms with Crippen molar-refractivity contribution in [2.45, 2.75) is 108 Å². The number of pyridine rings is 1. The molecule has 0 saturated heterocycles. The van der Waals surface area contributed by atoms with Gasteiger partial charge in [-0.05, 0) is 12.5 Å². The van der Waals surface area contributed by atoms with Gasteiger partial charge in [0.2, 0.25) is 0 Å². The van der Waals surface area contributed by atoms with E-state index in [0.717, 1.165) is 12.8 Å². The van der Waals surface area contributed by atoms with Crippen LogP contribution in [0.2, 0.25) is 0 Å². The minimum Gasteiger partial charge on any atom is -0.740 e. The Morgan fingerprint density at radius 2 is 1.23 bits per heavy atom. The van der Waals surface area contributed by atoms with Gasteiger partial charge in [-0.25, -0.2) is 8.42 Å². The molecule has 150 valence electrons. The Hall–Kier alpha value is -0.940. The molecule has 0 radical (unpaired) electrons. The lowest BCUT2D eigenvalue weighted by Crippen LogP contribution is -2.39. The van der Waals surface area contributed by atoms with Gasteiger partial charge in [-0.1, -0.05) is 84.0 Å². The van der Waals surface area contributed by atoms with Gasteiger partial charge in [-0.15, -0.1) is 0 Å². The maximum Gasteiger partial charge on any atom is 0.285 e. The molecule has 1 aromatic rings. The minimum atomic E-state index is -4.39. The van der Waals surface area contributed by atoms with Gasteiger partial charge in [0.15, 0.2) is 16.3 Å². The monoisotopic (exact) mass is 383 g/mol. The van der Waals surface area contributed by atoms with Gasteiger partial charge in [0.05, 0.1) is 0 Å². The second kappa shape index (κ2) is 14.2. The first-order valence-electron chi connectivity index (χ1n) is 10.5. The van der Waals surface area contributed by atoms with Gasteiger partial charge in [0.1, 0.15) is 6.54 Å². The summed E-state index contributed by atoms with van der Waals surface area (Å²) in [5.74, 6) is 0. The molecule has 0 amide bonds. The van der Waals surface area contributed by atoms with Crippen LogP contribution >= 0.6 is 0 Å². The van der Waals surface area contributed by atoms with Crippen molar-refractivity contribution in [1.82, 2.24) is 0 Å². The third kappa shape index (κ3) is 10.9. The Labute approximate surface area is 160 Å². The summed E-state index contributed by atoms with van der Waals surface area (Å²) in [6.45, 7) is 2.85. The molecule has 1 heterocycles. The normalized spacial score (nSPS) is 11.8. The second-order valence-electron chi connectivity index (χ2n) is 7.28. The molecule has 1 rings (SSSR count). The molecule has 0 N–H and O–H groups in total. The van der Waals surface area contributed by atoms with Crippen LogP contribution in [-0.2, 0) is 16.7 Å². The van der Waals surface area contributed by atoms with Crippen LogP contribution in [0.1, 0.15) is 96.8 Å². The number of hydrogen-bond acceptors (Lipinski definition) is 3. The standard InChI is InChI=1S/C21H37NO3S/c1-2-3-4-5-6-7-8-9-10-11-12-13-14-16-19-22-20-17-15-18-21(22)26(23,24)25/h15,17-18,20H,2-14,16,19H2,1H3. The van der Waals surface area contributed by atoms with Crippen molar-refractivity contribution in [3.63, 3.8) is 0 Å². The number of hydrogen-bond donors (Lipinski definition) is 0. The highest BCUT2D eigenvalue weighted by Crippen LogP contribution is 2.13. The van der Waals surface area contributed by atoms with Crippen LogP contribution in [0.25, 0.3) is 0 Å². The summed E-state index contributed by atoms with van der Waals surface area (Å²) < 4.78 is 35.2. The van der Waals surface area contributed by atoms with Crippen LogP contribution in [0.5, 0.6) is 0 Å². The van der Waals surface area contributed by atoms with Crippen molar-refractivity contribution < 1.29 is 17.5 Å². The molecule has 5 heteroatoms. The first-order valence-corrected chi connectivity index (χ1v) is 11.9. The van der Waals surface area contributed by atoms with E-state index in [0.29, 0.717) is 6.54 Å². The fraction of sp³-hybridized carbons (Fsp3) is 0.762. The zero-order valence-corrected chi connectivity index (χ0v) is 17.3. The van der Waals surface area contributed by atoms with Gasteiger partial charge in [0, 0.05) is 18.6 Å². The maximum atomic E-state index is 11.2. The van der Waals surface area contributed by atoms with Crippen LogP contribution in [0.3, 0.4) is 0 Å². The molecule has 0 aliphatic carbocycles. The average Bonchev–Trinajstić information content (AvgIpc) is 2.61. The van der Waals surface area contributed by atoms with E-state index < -0.39 is 10.1 Å². The molecule has 0 unspecified atom stereocenters. The summed E-state index contributed by atoms with van der Waals surface area (Å²) in [6.07, 6.45) is 19.8. The zero-order valence-electron chi connectivity index (χ0n) is 16.5. The van der Waals surface area contributed by atoms with E-state index in [4.69, 9.17) is 0 Å². The molecule has 0 atom stereocenters. The molecule has 1 aromatic heterocycles. The number of aromatic nitrogens is 1. The summed E-state index contributed by atoms with van der Waals surface area (Å²) in [5, 5.41) is -0.130. The van der Waals surface area contributed by atoms with Gasteiger partial charge in [0.25, 0.3) is 5.03 Å². The highest BCUT2D eigenvalue weighted by Gasteiger charge is 2.15. The molecule has 0 spiro atoms. The van der Waals surface area contributed by atoms with Crippen molar-refractivity contribution in [3.8, 4) is 0 Å². The molecular formula is C21H37NO3S. The zero-order chi connectivity index (χ0) is 19.1. The van der Waals surface area contributed by atoms with E-state index in [1.165, 1.54) is 83.1 Å². The van der Waals surface area contributed by atoms with Crippen molar-refractivity contribution in [3.05, 3.63) is 24.4 Å². The van der Waals surface area contributed by atoms with Crippen molar-refractivity contribution >= 4 is 10.1 Å². The Kier molecular flexibility index (Phi) is 12.6. The Bertz CT molecular complexity index is 572. The lowest BCUT2D eigenvalue weighted by atomic mass is 10.0. The topological polar surface area (TPSA) is 61.1 Å². The number of rotatable bonds is 16. The predicted molar refractivity (Wildman–Crippen MR) is 105 cm³/mol. The number of nitrogens with zero attached hydrogens (tertiary/aromatic N) is 1. The average molecular weight is 384 g/mol. The summed E-state index contributed by atoms with van der Waals surface area (Å²) in [5.41, 5.74) is 0. The SMILES string of the molecule is CCCCCCCCCCCCCCCC[n+]1ccccc1S(=O)(=O)[O-]. The van der Waals surface area contributed by atoms with Crippen molar-refractivity contribution in [2.24, 2.45) is 0 Å². The van der Waals surface area contributed by atoms with E-state index in [-0.39, 0.29) is 5.03 Å². The van der Waals surface area contributed by atoms with Crippen molar-refractivity contribution in [1.29, 1.82) is 0 Å². The molecule has 0 aliphatic heterocycles. The van der Waals surface area contributed by atoms with Crippen LogP contribution < -0.4 is 4.57 Å². The van der Waals surface area contributed by atoms with Gasteiger partial charge in [-0.3, -0.25) is 0 Å². The van der Waals surface area contributed by atoms with E-state index >= 15 is 0 Å². The molecule has 0 fully saturated rings. The molecule has 0 saturated carbocycles. The smallest absolute Gasteiger partial charge is 0.285 e. The fourth-order valence-corrected chi connectivity index (χ4v) is 4.03. The fourth-order valence-electron chi connectivity index (χ4n) is 3.35. The van der Waals surface area contributed by atoms with Crippen molar-refractivity contribution in [2.75, 3.05) is 0 Å². The lowest BCUT2D eigenvalue weighted by molar-refractivity contribution is -0.734. The highest BCUT2D eigenvalue weighted by atomic mass is 32.2. The van der Waals surface area contributed by atoms with Crippen LogP contribution in [-0.4, -0.2) is 13.0 Å². The molecule has 26 heavy (non-hydrogen) atoms. The van der Waals surface area contributed by atoms with Crippen LogP contribution in [0, 0.1) is 0 Å². The molecule has 0 aliphatic rings. The van der Waals surface area contributed by atoms with Crippen LogP contribution in [0.15, 0.2) is 29.4 Å². The van der Waals surface area contributed by atoms with E-state index in [2.05, 4.69) is 6.92 Å². The summed E-state index contributed by atoms with van der Waals surface area (Å²) in [6, 6.07) is 4.73. The summed E-state index contributed by atoms with van der Waals surface area (Å²) in [4.78, 5) is 0. The van der Waals surface area contributed by atoms with E-state index in [1.54, 1.807) is 22.9 Å². The Morgan fingerprint density at radius 1 is 0.769 bits per heavy atom. The first-order chi connectivity index (χ1) is 12.6. The third-order valence-corrected chi connectivity index (χ3v) is 5.79. The molecule has 4 nitrogen and oxygen atoms in total. The molecule has 0 aromatic carbocycles. The van der Waals surface area contributed by atoms with E-state index in [1.807, 2.05) is 0 Å². The lowest BCUT2D eigenvalue weighted by Gasteiger charge is -2.07. The van der Waals surface area contributed by atoms with E-state index in [9.17, 15) is 13.0 Å². The Balaban J connectivity index is 1.98. The predicted octanol–water partition coefficient (Wildman–Crippen LogP) is 5.36. The largest absolute Gasteiger partial charge is 0.740 e. The maximum absolute atomic E-state index is 11.2. The number of aryl methyl sites for hydroxylation is 1. The quantitative estimate of drug-likeness (QED) is 0.219. The first kappa shape index (κ1) is 23.1. The summed E-state index contributed by atoms with van der Waals surface area (Å²) >= 11 is 0. The third-order valence-electron chi connectivity index (χ3n) is 4.91. The molecular weight excluding hydrogens is 346 g/mol. The Morgan fingerprint density at radius 3 is 1.69 bits per heavy atom. The number of unbranched alkanes of at least 4 members (excludes halogenated alkanes) is 13. The van der Waals surface area contributed by atoms with Gasteiger partial charge < -0.3 is 4.55 Å². The summed E-state index contributed by atoms with van der Waals surface area (Å²) in [7, 11) is -4.39. The highest BCUT2D eigenvalue weighted by molar-refractivity contribution is 7.85. The van der Waals surface area contributed by atoms with Crippen LogP contribution in [0.4, 0.5) is 0 Å². The second-order valence-corrected chi connectivity index (χ2v) is 8.61. The molecule has 0 bridgehead atoms. The van der Waals surface area contributed by atoms with Gasteiger partial charge in [-0.2, -0.15) is 4.57 Å².